The normalized spacial score (nSPS) is 11.8. The highest BCUT2D eigenvalue weighted by molar-refractivity contribution is 7.21. The van der Waals surface area contributed by atoms with E-state index in [0.717, 1.165) is 10.2 Å². The zero-order valence-corrected chi connectivity index (χ0v) is 12.3. The number of ether oxygens (including phenoxy) is 1. The highest BCUT2D eigenvalue weighted by Gasteiger charge is 2.30. The van der Waals surface area contributed by atoms with Crippen LogP contribution < -0.4 is 4.74 Å². The molecule has 0 atom stereocenters. The molecule has 2 nitrogen and oxygen atoms in total. The van der Waals surface area contributed by atoms with E-state index in [-0.39, 0.29) is 17.7 Å². The van der Waals surface area contributed by atoms with Crippen molar-refractivity contribution >= 4 is 21.6 Å². The molecule has 0 fully saturated rings. The minimum absolute atomic E-state index is 0.00763. The van der Waals surface area contributed by atoms with Crippen LogP contribution in [0.15, 0.2) is 42.5 Å². The summed E-state index contributed by atoms with van der Waals surface area (Å²) < 4.78 is 43.9. The molecule has 0 N–H and O–H groups in total. The Morgan fingerprint density at radius 2 is 1.91 bits per heavy atom. The standard InChI is InChI=1S/C16H11F3NOS/c1-21-13-7-6-10(8-11(13)9-16(17,18)19)15-20-12-4-2-3-5-14(12)22-15/h2-9H,1H3. The first-order valence-corrected chi connectivity index (χ1v) is 7.24. The van der Waals surface area contributed by atoms with Crippen LogP contribution in [0.25, 0.3) is 20.8 Å². The van der Waals surface area contributed by atoms with E-state index in [2.05, 4.69) is 4.98 Å². The lowest BCUT2D eigenvalue weighted by molar-refractivity contribution is -0.0929. The van der Waals surface area contributed by atoms with Crippen LogP contribution in [0.1, 0.15) is 5.56 Å². The van der Waals surface area contributed by atoms with Crippen LogP contribution in [0.3, 0.4) is 0 Å². The number of halogens is 3. The van der Waals surface area contributed by atoms with Gasteiger partial charge in [0, 0.05) is 11.1 Å². The number of rotatable bonds is 3. The molecule has 0 aliphatic rings. The van der Waals surface area contributed by atoms with Gasteiger partial charge in [-0.15, -0.1) is 11.3 Å². The second kappa shape index (κ2) is 5.61. The summed E-state index contributed by atoms with van der Waals surface area (Å²) in [6, 6.07) is 12.3. The maximum absolute atomic E-state index is 12.6. The molecular weight excluding hydrogens is 311 g/mol. The number of thiazole rings is 1. The first-order valence-electron chi connectivity index (χ1n) is 6.43. The molecule has 0 bridgehead atoms. The van der Waals surface area contributed by atoms with Crippen molar-refractivity contribution in [2.75, 3.05) is 7.11 Å². The van der Waals surface area contributed by atoms with Crippen molar-refractivity contribution in [2.45, 2.75) is 6.18 Å². The molecule has 0 saturated carbocycles. The van der Waals surface area contributed by atoms with Crippen LogP contribution in [0.2, 0.25) is 0 Å². The van der Waals surface area contributed by atoms with E-state index >= 15 is 0 Å². The second-order valence-electron chi connectivity index (χ2n) is 4.63. The van der Waals surface area contributed by atoms with Crippen LogP contribution in [-0.4, -0.2) is 18.3 Å². The van der Waals surface area contributed by atoms with Crippen molar-refractivity contribution in [3.8, 4) is 16.3 Å². The summed E-state index contributed by atoms with van der Waals surface area (Å²) in [5.41, 5.74) is 1.46. The smallest absolute Gasteiger partial charge is 0.396 e. The molecule has 3 rings (SSSR count). The second-order valence-corrected chi connectivity index (χ2v) is 5.66. The fourth-order valence-corrected chi connectivity index (χ4v) is 3.11. The molecule has 22 heavy (non-hydrogen) atoms. The predicted molar refractivity (Wildman–Crippen MR) is 81.1 cm³/mol. The predicted octanol–water partition coefficient (Wildman–Crippen LogP) is 5.09. The molecule has 1 heterocycles. The van der Waals surface area contributed by atoms with E-state index in [1.807, 2.05) is 24.3 Å². The third-order valence-electron chi connectivity index (χ3n) is 3.09. The molecule has 0 aliphatic carbocycles. The van der Waals surface area contributed by atoms with Crippen molar-refractivity contribution in [1.82, 2.24) is 4.98 Å². The summed E-state index contributed by atoms with van der Waals surface area (Å²) in [5, 5.41) is 0.681. The molecule has 0 aliphatic heterocycles. The van der Waals surface area contributed by atoms with Crippen molar-refractivity contribution < 1.29 is 17.9 Å². The number of aromatic nitrogens is 1. The third kappa shape index (κ3) is 3.06. The van der Waals surface area contributed by atoms with Gasteiger partial charge in [-0.25, -0.2) is 4.98 Å². The van der Waals surface area contributed by atoms with Gasteiger partial charge in [-0.05, 0) is 30.3 Å². The van der Waals surface area contributed by atoms with E-state index in [1.54, 1.807) is 6.07 Å². The Morgan fingerprint density at radius 3 is 2.59 bits per heavy atom. The topological polar surface area (TPSA) is 22.1 Å². The maximum atomic E-state index is 12.6. The van der Waals surface area contributed by atoms with Gasteiger partial charge in [0.2, 0.25) is 0 Å². The van der Waals surface area contributed by atoms with Crippen LogP contribution in [-0.2, 0) is 0 Å². The Morgan fingerprint density at radius 1 is 1.14 bits per heavy atom. The molecule has 2 aromatic carbocycles. The Bertz CT molecular complexity index is 778. The van der Waals surface area contributed by atoms with Crippen molar-refractivity contribution in [3.63, 3.8) is 0 Å². The van der Waals surface area contributed by atoms with Crippen molar-refractivity contribution in [2.24, 2.45) is 0 Å². The molecular formula is C16H11F3NOS. The van der Waals surface area contributed by atoms with Gasteiger partial charge in [0.1, 0.15) is 10.8 Å². The van der Waals surface area contributed by atoms with Crippen LogP contribution in [0.4, 0.5) is 13.2 Å². The molecule has 0 spiro atoms. The quantitative estimate of drug-likeness (QED) is 0.670. The summed E-state index contributed by atoms with van der Waals surface area (Å²) in [4.78, 5) is 4.46. The first kappa shape index (κ1) is 14.8. The largest absolute Gasteiger partial charge is 0.496 e. The van der Waals surface area contributed by atoms with Gasteiger partial charge in [0.05, 0.1) is 23.7 Å². The molecule has 1 aromatic heterocycles. The lowest BCUT2D eigenvalue weighted by Gasteiger charge is -2.11. The number of benzene rings is 2. The zero-order chi connectivity index (χ0) is 15.7. The van der Waals surface area contributed by atoms with Gasteiger partial charge in [0.25, 0.3) is 0 Å². The Hall–Kier alpha value is -2.08. The van der Waals surface area contributed by atoms with E-state index < -0.39 is 6.18 Å². The highest BCUT2D eigenvalue weighted by atomic mass is 32.1. The molecule has 1 radical (unpaired) electrons. The van der Waals surface area contributed by atoms with E-state index in [4.69, 9.17) is 4.74 Å². The third-order valence-corrected chi connectivity index (χ3v) is 4.18. The average Bonchev–Trinajstić information content (AvgIpc) is 2.89. The molecule has 0 unspecified atom stereocenters. The summed E-state index contributed by atoms with van der Waals surface area (Å²) in [5.74, 6) is 0.183. The summed E-state index contributed by atoms with van der Waals surface area (Å²) >= 11 is 1.44. The number of nitrogens with zero attached hydrogens (tertiary/aromatic N) is 1. The van der Waals surface area contributed by atoms with Gasteiger partial charge in [-0.2, -0.15) is 13.2 Å². The zero-order valence-electron chi connectivity index (χ0n) is 11.5. The van der Waals surface area contributed by atoms with Gasteiger partial charge >= 0.3 is 6.18 Å². The molecule has 113 valence electrons. The maximum Gasteiger partial charge on any atom is 0.396 e. The molecule has 0 saturated heterocycles. The molecule has 3 aromatic rings. The van der Waals surface area contributed by atoms with Gasteiger partial charge in [0.15, 0.2) is 0 Å². The minimum Gasteiger partial charge on any atom is -0.496 e. The van der Waals surface area contributed by atoms with E-state index in [1.165, 1.54) is 30.6 Å². The van der Waals surface area contributed by atoms with Gasteiger partial charge in [-0.3, -0.25) is 0 Å². The highest BCUT2D eigenvalue weighted by Crippen LogP contribution is 2.35. The number of alkyl halides is 3. The number of hydrogen-bond donors (Lipinski definition) is 0. The Balaban J connectivity index is 2.05. The van der Waals surface area contributed by atoms with E-state index in [0.29, 0.717) is 10.6 Å². The SMILES string of the molecule is COc1ccc(-c2nc3ccccc3s2)cc1[CH]C(F)(F)F. The monoisotopic (exact) mass is 322 g/mol. The fraction of sp³-hybridized carbons (Fsp3) is 0.125. The Labute approximate surface area is 129 Å². The van der Waals surface area contributed by atoms with Crippen LogP contribution in [0.5, 0.6) is 5.75 Å². The summed E-state index contributed by atoms with van der Waals surface area (Å²) in [6.45, 7) is 0. The van der Waals surface area contributed by atoms with Gasteiger partial charge < -0.3 is 4.74 Å². The number of para-hydroxylation sites is 1. The summed E-state index contributed by atoms with van der Waals surface area (Å²) in [7, 11) is 1.35. The number of hydrogen-bond acceptors (Lipinski definition) is 3. The van der Waals surface area contributed by atoms with Gasteiger partial charge in [-0.1, -0.05) is 12.1 Å². The molecule has 6 heteroatoms. The fourth-order valence-electron chi connectivity index (χ4n) is 2.15. The first-order chi connectivity index (χ1) is 10.5. The number of methoxy groups -OCH3 is 1. The lowest BCUT2D eigenvalue weighted by atomic mass is 10.1. The van der Waals surface area contributed by atoms with Crippen molar-refractivity contribution in [1.29, 1.82) is 0 Å². The lowest BCUT2D eigenvalue weighted by Crippen LogP contribution is -2.09. The summed E-state index contributed by atoms with van der Waals surface area (Å²) in [6.07, 6.45) is -4.16. The average molecular weight is 322 g/mol. The van der Waals surface area contributed by atoms with Crippen LogP contribution >= 0.6 is 11.3 Å². The van der Waals surface area contributed by atoms with E-state index in [9.17, 15) is 13.2 Å². The number of fused-ring (bicyclic) bond motifs is 1. The van der Waals surface area contributed by atoms with Crippen molar-refractivity contribution in [3.05, 3.63) is 54.4 Å². The molecule has 0 amide bonds. The Kier molecular flexibility index (Phi) is 3.78. The minimum atomic E-state index is -4.40. The van der Waals surface area contributed by atoms with Crippen LogP contribution in [0, 0.1) is 6.42 Å².